The molecular weight excluding hydrogens is 364 g/mol. The molecule has 2 rings (SSSR count). The molecule has 0 radical (unpaired) electrons. The number of hydrogen-bond donors (Lipinski definition) is 2. The van der Waals surface area contributed by atoms with Crippen molar-refractivity contribution in [1.82, 2.24) is 9.78 Å². The van der Waals surface area contributed by atoms with Gasteiger partial charge in [-0.2, -0.15) is 5.10 Å². The lowest BCUT2D eigenvalue weighted by atomic mass is 10.3. The van der Waals surface area contributed by atoms with Crippen LogP contribution in [-0.2, 0) is 6.54 Å². The van der Waals surface area contributed by atoms with Crippen LogP contribution in [0.2, 0.25) is 5.02 Å². The summed E-state index contributed by atoms with van der Waals surface area (Å²) in [6, 6.07) is 5.28. The first-order valence-electron chi connectivity index (χ1n) is 5.99. The van der Waals surface area contributed by atoms with Crippen LogP contribution in [0.1, 0.15) is 0 Å². The highest BCUT2D eigenvalue weighted by Gasteiger charge is 2.12. The van der Waals surface area contributed by atoms with Crippen LogP contribution in [-0.4, -0.2) is 32.5 Å². The highest BCUT2D eigenvalue weighted by molar-refractivity contribution is 9.10. The van der Waals surface area contributed by atoms with Gasteiger partial charge in [-0.15, -0.1) is 0 Å². The third kappa shape index (κ3) is 4.42. The molecule has 0 aliphatic carbocycles. The summed E-state index contributed by atoms with van der Waals surface area (Å²) in [7, 11) is 0. The summed E-state index contributed by atoms with van der Waals surface area (Å²) >= 11 is 9.26. The van der Waals surface area contributed by atoms with Gasteiger partial charge in [0, 0.05) is 21.7 Å². The Balaban J connectivity index is 1.90. The molecule has 1 aromatic carbocycles. The molecule has 9 heteroatoms. The second kappa shape index (κ2) is 6.88. The molecule has 2 N–H and O–H groups in total. The first-order chi connectivity index (χ1) is 9.95. The van der Waals surface area contributed by atoms with E-state index < -0.39 is 11.0 Å². The second-order valence-electron chi connectivity index (χ2n) is 4.34. The van der Waals surface area contributed by atoms with E-state index >= 15 is 0 Å². The van der Waals surface area contributed by atoms with Gasteiger partial charge < -0.3 is 10.4 Å². The number of benzene rings is 1. The molecule has 0 aliphatic rings. The van der Waals surface area contributed by atoms with Crippen LogP contribution in [0.25, 0.3) is 0 Å². The van der Waals surface area contributed by atoms with Gasteiger partial charge >= 0.3 is 5.69 Å². The summed E-state index contributed by atoms with van der Waals surface area (Å²) in [6.07, 6.45) is 1.67. The van der Waals surface area contributed by atoms with Gasteiger partial charge in [-0.05, 0) is 34.1 Å². The van der Waals surface area contributed by atoms with Gasteiger partial charge in [0.25, 0.3) is 0 Å². The Labute approximate surface area is 133 Å². The van der Waals surface area contributed by atoms with Crippen LogP contribution >= 0.6 is 27.5 Å². The molecule has 1 unspecified atom stereocenters. The van der Waals surface area contributed by atoms with Crippen molar-refractivity contribution in [2.45, 2.75) is 12.6 Å². The average molecular weight is 376 g/mol. The van der Waals surface area contributed by atoms with Crippen LogP contribution in [0.15, 0.2) is 35.1 Å². The summed E-state index contributed by atoms with van der Waals surface area (Å²) in [4.78, 5) is 10.0. The van der Waals surface area contributed by atoms with Gasteiger partial charge in [-0.25, -0.2) is 0 Å². The molecule has 0 bridgehead atoms. The third-order valence-corrected chi connectivity index (χ3v) is 3.61. The Hall–Kier alpha value is -1.64. The Morgan fingerprint density at radius 2 is 2.33 bits per heavy atom. The van der Waals surface area contributed by atoms with E-state index in [1.54, 1.807) is 18.2 Å². The predicted molar refractivity (Wildman–Crippen MR) is 82.5 cm³/mol. The molecule has 0 amide bonds. The standard InChI is InChI=1S/C12H12BrClN4O3/c13-11-2-1-8(14)3-12(11)15-5-10(19)7-17-6-9(4-16-17)18(20)21/h1-4,6,10,15,19H,5,7H2. The van der Waals surface area contributed by atoms with Gasteiger partial charge in [0.15, 0.2) is 0 Å². The van der Waals surface area contributed by atoms with Crippen LogP contribution in [0, 0.1) is 10.1 Å². The van der Waals surface area contributed by atoms with E-state index in [-0.39, 0.29) is 18.8 Å². The van der Waals surface area contributed by atoms with Crippen molar-refractivity contribution < 1.29 is 10.0 Å². The predicted octanol–water partition coefficient (Wildman–Crippen LogP) is 2.68. The minimum atomic E-state index is -0.754. The topological polar surface area (TPSA) is 93.2 Å². The van der Waals surface area contributed by atoms with Crippen molar-refractivity contribution in [1.29, 1.82) is 0 Å². The molecule has 21 heavy (non-hydrogen) atoms. The number of rotatable bonds is 6. The van der Waals surface area contributed by atoms with E-state index in [9.17, 15) is 15.2 Å². The van der Waals surface area contributed by atoms with E-state index in [4.69, 9.17) is 11.6 Å². The molecule has 1 heterocycles. The maximum Gasteiger partial charge on any atom is 0.306 e. The van der Waals surface area contributed by atoms with Gasteiger partial charge in [-0.3, -0.25) is 14.8 Å². The summed E-state index contributed by atoms with van der Waals surface area (Å²) in [5.74, 6) is 0. The Morgan fingerprint density at radius 1 is 1.57 bits per heavy atom. The van der Waals surface area contributed by atoms with Crippen molar-refractivity contribution in [3.63, 3.8) is 0 Å². The first kappa shape index (κ1) is 15.7. The lowest BCUT2D eigenvalue weighted by molar-refractivity contribution is -0.385. The largest absolute Gasteiger partial charge is 0.389 e. The number of nitrogens with zero attached hydrogens (tertiary/aromatic N) is 3. The van der Waals surface area contributed by atoms with Crippen LogP contribution in [0.3, 0.4) is 0 Å². The lowest BCUT2D eigenvalue weighted by Crippen LogP contribution is -2.25. The first-order valence-corrected chi connectivity index (χ1v) is 7.16. The van der Waals surface area contributed by atoms with Gasteiger partial charge in [-0.1, -0.05) is 11.6 Å². The minimum absolute atomic E-state index is 0.104. The van der Waals surface area contributed by atoms with Crippen molar-refractivity contribution in [2.75, 3.05) is 11.9 Å². The van der Waals surface area contributed by atoms with Gasteiger partial charge in [0.1, 0.15) is 12.4 Å². The highest BCUT2D eigenvalue weighted by atomic mass is 79.9. The Kier molecular flexibility index (Phi) is 5.16. The van der Waals surface area contributed by atoms with Crippen LogP contribution in [0.5, 0.6) is 0 Å². The zero-order valence-corrected chi connectivity index (χ0v) is 13.1. The quantitative estimate of drug-likeness (QED) is 0.598. The summed E-state index contributed by atoms with van der Waals surface area (Å²) in [5.41, 5.74) is 0.653. The third-order valence-electron chi connectivity index (χ3n) is 2.68. The summed E-state index contributed by atoms with van der Waals surface area (Å²) in [6.45, 7) is 0.408. The average Bonchev–Trinajstić information content (AvgIpc) is 2.88. The van der Waals surface area contributed by atoms with Gasteiger partial charge in [0.2, 0.25) is 0 Å². The molecule has 0 aliphatic heterocycles. The number of anilines is 1. The van der Waals surface area contributed by atoms with Crippen LogP contribution < -0.4 is 5.32 Å². The summed E-state index contributed by atoms with van der Waals surface area (Å²) in [5, 5.41) is 27.9. The number of halogens is 2. The lowest BCUT2D eigenvalue weighted by Gasteiger charge is -2.14. The molecule has 1 atom stereocenters. The maximum atomic E-state index is 10.5. The maximum absolute atomic E-state index is 10.5. The minimum Gasteiger partial charge on any atom is -0.389 e. The van der Waals surface area contributed by atoms with Crippen molar-refractivity contribution >= 4 is 38.9 Å². The van der Waals surface area contributed by atoms with E-state index in [2.05, 4.69) is 26.3 Å². The molecular formula is C12H12BrClN4O3. The van der Waals surface area contributed by atoms with E-state index in [1.165, 1.54) is 10.9 Å². The van der Waals surface area contributed by atoms with Crippen molar-refractivity contribution in [2.24, 2.45) is 0 Å². The number of hydrogen-bond acceptors (Lipinski definition) is 5. The van der Waals surface area contributed by atoms with Crippen LogP contribution in [0.4, 0.5) is 11.4 Å². The smallest absolute Gasteiger partial charge is 0.306 e. The molecule has 1 aromatic heterocycles. The fourth-order valence-electron chi connectivity index (χ4n) is 1.69. The highest BCUT2D eigenvalue weighted by Crippen LogP contribution is 2.25. The molecule has 2 aromatic rings. The summed E-state index contributed by atoms with van der Waals surface area (Å²) < 4.78 is 2.16. The normalized spacial score (nSPS) is 12.1. The Bertz CT molecular complexity index is 649. The fourth-order valence-corrected chi connectivity index (χ4v) is 2.25. The van der Waals surface area contributed by atoms with Crippen molar-refractivity contribution in [3.05, 3.63) is 50.2 Å². The molecule has 0 spiro atoms. The SMILES string of the molecule is O=[N+]([O-])c1cnn(CC(O)CNc2cc(Cl)ccc2Br)c1. The fraction of sp³-hybridized carbons (Fsp3) is 0.250. The molecule has 112 valence electrons. The molecule has 7 nitrogen and oxygen atoms in total. The monoisotopic (exact) mass is 374 g/mol. The number of aliphatic hydroxyl groups excluding tert-OH is 1. The number of aliphatic hydroxyl groups is 1. The van der Waals surface area contributed by atoms with E-state index in [0.29, 0.717) is 5.02 Å². The van der Waals surface area contributed by atoms with E-state index in [1.807, 2.05) is 0 Å². The Morgan fingerprint density at radius 3 is 3.00 bits per heavy atom. The second-order valence-corrected chi connectivity index (χ2v) is 5.63. The van der Waals surface area contributed by atoms with Crippen molar-refractivity contribution in [3.8, 4) is 0 Å². The molecule has 0 saturated carbocycles. The molecule has 0 fully saturated rings. The van der Waals surface area contributed by atoms with E-state index in [0.717, 1.165) is 16.4 Å². The number of nitrogens with one attached hydrogen (secondary N) is 1. The number of aromatic nitrogens is 2. The zero-order chi connectivity index (χ0) is 15.4. The zero-order valence-electron chi connectivity index (χ0n) is 10.7. The van der Waals surface area contributed by atoms with Gasteiger partial charge in [0.05, 0.1) is 17.6 Å². The number of nitro groups is 1. The molecule has 0 saturated heterocycles.